The van der Waals surface area contributed by atoms with Crippen LogP contribution in [-0.4, -0.2) is 48.1 Å². The fraction of sp³-hybridized carbons (Fsp3) is 0.643. The highest BCUT2D eigenvalue weighted by molar-refractivity contribution is 9.09. The number of pyridine rings is 1. The van der Waals surface area contributed by atoms with Crippen LogP contribution in [-0.2, 0) is 11.3 Å². The Hall–Kier alpha value is -0.650. The lowest BCUT2D eigenvalue weighted by Crippen LogP contribution is -2.37. The first-order valence-corrected chi connectivity index (χ1v) is 7.84. The third-order valence-electron chi connectivity index (χ3n) is 3.34. The molecule has 0 aromatic carbocycles. The summed E-state index contributed by atoms with van der Waals surface area (Å²) in [5.41, 5.74) is 1.07. The molecular weight excluding hydrogens is 308 g/mol. The van der Waals surface area contributed by atoms with Gasteiger partial charge in [-0.05, 0) is 18.9 Å². The van der Waals surface area contributed by atoms with E-state index in [2.05, 4.69) is 31.9 Å². The molecule has 0 amide bonds. The van der Waals surface area contributed by atoms with Crippen LogP contribution in [0.4, 0.5) is 0 Å². The Bertz CT molecular complexity index is 381. The van der Waals surface area contributed by atoms with E-state index in [4.69, 9.17) is 9.47 Å². The number of aromatic nitrogens is 1. The Balaban J connectivity index is 1.78. The van der Waals surface area contributed by atoms with E-state index >= 15 is 0 Å². The molecule has 0 saturated carbocycles. The lowest BCUT2D eigenvalue weighted by molar-refractivity contribution is 0.0138. The van der Waals surface area contributed by atoms with E-state index in [-0.39, 0.29) is 0 Å². The first-order chi connectivity index (χ1) is 9.31. The lowest BCUT2D eigenvalue weighted by Gasteiger charge is -2.31. The number of piperidine rings is 1. The molecular formula is C14H21BrN2O2. The van der Waals surface area contributed by atoms with Gasteiger partial charge in [-0.25, -0.2) is 4.98 Å². The van der Waals surface area contributed by atoms with Crippen LogP contribution in [0.2, 0.25) is 0 Å². The molecule has 1 saturated heterocycles. The molecule has 4 nitrogen and oxygen atoms in total. The molecule has 2 heterocycles. The molecule has 0 unspecified atom stereocenters. The number of ether oxygens (including phenoxy) is 2. The second kappa shape index (κ2) is 7.82. The number of nitrogens with zero attached hydrogens (tertiary/aromatic N) is 2. The van der Waals surface area contributed by atoms with Gasteiger partial charge in [0.05, 0.1) is 25.5 Å². The Labute approximate surface area is 123 Å². The number of hydrogen-bond acceptors (Lipinski definition) is 4. The molecule has 0 aliphatic carbocycles. The van der Waals surface area contributed by atoms with Crippen LogP contribution in [0.1, 0.15) is 18.5 Å². The Kier molecular flexibility index (Phi) is 6.07. The second-order valence-electron chi connectivity index (χ2n) is 4.71. The molecule has 106 valence electrons. The van der Waals surface area contributed by atoms with Crippen molar-refractivity contribution < 1.29 is 9.47 Å². The molecule has 1 aliphatic heterocycles. The fourth-order valence-electron chi connectivity index (χ4n) is 2.33. The first-order valence-electron chi connectivity index (χ1n) is 6.71. The predicted molar refractivity (Wildman–Crippen MR) is 78.8 cm³/mol. The maximum atomic E-state index is 5.76. The van der Waals surface area contributed by atoms with Crippen molar-refractivity contribution >= 4 is 15.9 Å². The summed E-state index contributed by atoms with van der Waals surface area (Å²) in [4.78, 5) is 6.88. The molecule has 1 aliphatic rings. The maximum Gasteiger partial charge on any atom is 0.213 e. The van der Waals surface area contributed by atoms with Crippen molar-refractivity contribution in [2.75, 3.05) is 32.1 Å². The van der Waals surface area contributed by atoms with Crippen LogP contribution in [0.25, 0.3) is 0 Å². The number of methoxy groups -OCH3 is 1. The largest absolute Gasteiger partial charge is 0.481 e. The smallest absolute Gasteiger partial charge is 0.213 e. The molecule has 0 N–H and O–H groups in total. The normalized spacial score (nSPS) is 17.6. The number of hydrogen-bond donors (Lipinski definition) is 0. The van der Waals surface area contributed by atoms with Gasteiger partial charge in [-0.1, -0.05) is 22.0 Å². The van der Waals surface area contributed by atoms with E-state index < -0.39 is 0 Å². The summed E-state index contributed by atoms with van der Waals surface area (Å²) >= 11 is 3.39. The second-order valence-corrected chi connectivity index (χ2v) is 5.50. The average Bonchev–Trinajstić information content (AvgIpc) is 2.47. The summed E-state index contributed by atoms with van der Waals surface area (Å²) in [6.45, 7) is 3.85. The third-order valence-corrected chi connectivity index (χ3v) is 3.67. The SMILES string of the molecule is COc1cccc(CN2CCC(OCCBr)CC2)n1. The van der Waals surface area contributed by atoms with E-state index in [1.165, 1.54) is 0 Å². The van der Waals surface area contributed by atoms with E-state index in [9.17, 15) is 0 Å². The zero-order valence-corrected chi connectivity index (χ0v) is 12.9. The zero-order valence-electron chi connectivity index (χ0n) is 11.3. The minimum atomic E-state index is 0.423. The van der Waals surface area contributed by atoms with E-state index in [0.29, 0.717) is 12.0 Å². The zero-order chi connectivity index (χ0) is 13.5. The van der Waals surface area contributed by atoms with Crippen molar-refractivity contribution in [2.24, 2.45) is 0 Å². The molecule has 2 rings (SSSR count). The van der Waals surface area contributed by atoms with E-state index in [1.807, 2.05) is 12.1 Å². The van der Waals surface area contributed by atoms with Gasteiger partial charge in [0.15, 0.2) is 0 Å². The van der Waals surface area contributed by atoms with Crippen LogP contribution >= 0.6 is 15.9 Å². The lowest BCUT2D eigenvalue weighted by atomic mass is 10.1. The number of alkyl halides is 1. The Morgan fingerprint density at radius 3 is 2.84 bits per heavy atom. The van der Waals surface area contributed by atoms with Crippen LogP contribution < -0.4 is 4.74 Å². The molecule has 0 bridgehead atoms. The molecule has 0 spiro atoms. The van der Waals surface area contributed by atoms with Gasteiger partial charge in [0, 0.05) is 31.0 Å². The number of halogens is 1. The average molecular weight is 329 g/mol. The molecule has 0 atom stereocenters. The minimum absolute atomic E-state index is 0.423. The number of likely N-dealkylation sites (tertiary alicyclic amines) is 1. The van der Waals surface area contributed by atoms with Gasteiger partial charge in [-0.3, -0.25) is 4.90 Å². The van der Waals surface area contributed by atoms with Crippen LogP contribution in [0.3, 0.4) is 0 Å². The minimum Gasteiger partial charge on any atom is -0.481 e. The highest BCUT2D eigenvalue weighted by Gasteiger charge is 2.19. The molecule has 1 fully saturated rings. The van der Waals surface area contributed by atoms with Crippen LogP contribution in [0.15, 0.2) is 18.2 Å². The highest BCUT2D eigenvalue weighted by atomic mass is 79.9. The van der Waals surface area contributed by atoms with Gasteiger partial charge in [-0.15, -0.1) is 0 Å². The van der Waals surface area contributed by atoms with Gasteiger partial charge >= 0.3 is 0 Å². The summed E-state index contributed by atoms with van der Waals surface area (Å²) in [6, 6.07) is 5.92. The summed E-state index contributed by atoms with van der Waals surface area (Å²) in [5, 5.41) is 0.918. The van der Waals surface area contributed by atoms with Gasteiger partial charge in [0.25, 0.3) is 0 Å². The highest BCUT2D eigenvalue weighted by Crippen LogP contribution is 2.16. The summed E-state index contributed by atoms with van der Waals surface area (Å²) in [7, 11) is 1.65. The van der Waals surface area contributed by atoms with Crippen molar-refractivity contribution in [3.05, 3.63) is 23.9 Å². The monoisotopic (exact) mass is 328 g/mol. The predicted octanol–water partition coefficient (Wildman–Crippen LogP) is 2.47. The third kappa shape index (κ3) is 4.75. The van der Waals surface area contributed by atoms with Gasteiger partial charge in [0.1, 0.15) is 0 Å². The molecule has 0 radical (unpaired) electrons. The van der Waals surface area contributed by atoms with Crippen LogP contribution in [0.5, 0.6) is 5.88 Å². The van der Waals surface area contributed by atoms with E-state index in [1.54, 1.807) is 7.11 Å². The Morgan fingerprint density at radius 1 is 1.37 bits per heavy atom. The molecule has 1 aromatic heterocycles. The van der Waals surface area contributed by atoms with Crippen molar-refractivity contribution in [2.45, 2.75) is 25.5 Å². The summed E-state index contributed by atoms with van der Waals surface area (Å²) in [6.07, 6.45) is 2.64. The fourth-order valence-corrected chi connectivity index (χ4v) is 2.52. The quantitative estimate of drug-likeness (QED) is 0.751. The van der Waals surface area contributed by atoms with Crippen molar-refractivity contribution in [3.8, 4) is 5.88 Å². The van der Waals surface area contributed by atoms with Gasteiger partial charge in [0.2, 0.25) is 5.88 Å². The summed E-state index contributed by atoms with van der Waals surface area (Å²) < 4.78 is 10.9. The van der Waals surface area contributed by atoms with Gasteiger partial charge < -0.3 is 9.47 Å². The van der Waals surface area contributed by atoms with Crippen molar-refractivity contribution in [1.29, 1.82) is 0 Å². The molecule has 19 heavy (non-hydrogen) atoms. The maximum absolute atomic E-state index is 5.76. The van der Waals surface area contributed by atoms with Crippen molar-refractivity contribution in [1.82, 2.24) is 9.88 Å². The van der Waals surface area contributed by atoms with Crippen molar-refractivity contribution in [3.63, 3.8) is 0 Å². The Morgan fingerprint density at radius 2 is 2.16 bits per heavy atom. The standard InChI is InChI=1S/C14H21BrN2O2/c1-18-14-4-2-3-12(16-14)11-17-8-5-13(6-9-17)19-10-7-15/h2-4,13H,5-11H2,1H3. The van der Waals surface area contributed by atoms with Crippen LogP contribution in [0, 0.1) is 0 Å². The molecule has 1 aromatic rings. The molecule has 5 heteroatoms. The number of rotatable bonds is 6. The van der Waals surface area contributed by atoms with E-state index in [0.717, 1.165) is 50.1 Å². The topological polar surface area (TPSA) is 34.6 Å². The summed E-state index contributed by atoms with van der Waals surface area (Å²) in [5.74, 6) is 0.688. The first kappa shape index (κ1) is 14.8. The van der Waals surface area contributed by atoms with Gasteiger partial charge in [-0.2, -0.15) is 0 Å².